The molecule has 0 radical (unpaired) electrons. The van der Waals surface area contributed by atoms with Gasteiger partial charge in [-0.15, -0.1) is 0 Å². The van der Waals surface area contributed by atoms with Crippen molar-refractivity contribution < 1.29 is 14.6 Å². The van der Waals surface area contributed by atoms with Crippen LogP contribution < -0.4 is 4.74 Å². The standard InChI is InChI=1S/C9H8Br2O3/c10-5-3-6-8(7(11)4-5)13-1-2-14-9(6)12/h3-4,9,12H,1-2H2. The lowest BCUT2D eigenvalue weighted by Crippen LogP contribution is -2.04. The summed E-state index contributed by atoms with van der Waals surface area (Å²) in [6, 6.07) is 3.66. The van der Waals surface area contributed by atoms with Gasteiger partial charge in [0.1, 0.15) is 12.4 Å². The van der Waals surface area contributed by atoms with E-state index in [0.717, 1.165) is 8.95 Å². The second-order valence-corrected chi connectivity index (χ2v) is 4.65. The molecule has 0 aromatic heterocycles. The van der Waals surface area contributed by atoms with Crippen LogP contribution in [-0.2, 0) is 4.74 Å². The minimum Gasteiger partial charge on any atom is -0.490 e. The van der Waals surface area contributed by atoms with Crippen molar-refractivity contribution in [2.24, 2.45) is 0 Å². The van der Waals surface area contributed by atoms with Crippen LogP contribution in [0.4, 0.5) is 0 Å². The van der Waals surface area contributed by atoms with Gasteiger partial charge in [-0.3, -0.25) is 0 Å². The lowest BCUT2D eigenvalue weighted by molar-refractivity contribution is -0.100. The molecule has 0 amide bonds. The van der Waals surface area contributed by atoms with Crippen molar-refractivity contribution in [2.75, 3.05) is 13.2 Å². The van der Waals surface area contributed by atoms with E-state index in [2.05, 4.69) is 31.9 Å². The number of benzene rings is 1. The fraction of sp³-hybridized carbons (Fsp3) is 0.333. The number of aliphatic hydroxyl groups excluding tert-OH is 1. The molecule has 0 fully saturated rings. The van der Waals surface area contributed by atoms with Crippen LogP contribution in [0.2, 0.25) is 0 Å². The average Bonchev–Trinajstić information content (AvgIpc) is 2.29. The molecular formula is C9H8Br2O3. The van der Waals surface area contributed by atoms with Gasteiger partial charge in [0.2, 0.25) is 0 Å². The van der Waals surface area contributed by atoms with E-state index >= 15 is 0 Å². The molecule has 0 spiro atoms. The van der Waals surface area contributed by atoms with Crippen LogP contribution in [0.5, 0.6) is 5.75 Å². The van der Waals surface area contributed by atoms with E-state index in [1.807, 2.05) is 6.07 Å². The van der Waals surface area contributed by atoms with Crippen LogP contribution in [0.1, 0.15) is 11.9 Å². The van der Waals surface area contributed by atoms with E-state index in [1.165, 1.54) is 0 Å². The first-order chi connectivity index (χ1) is 6.68. The van der Waals surface area contributed by atoms with Crippen molar-refractivity contribution in [3.63, 3.8) is 0 Å². The molecule has 1 aliphatic heterocycles. The average molecular weight is 324 g/mol. The first-order valence-corrected chi connectivity index (χ1v) is 5.68. The molecule has 0 saturated carbocycles. The molecule has 14 heavy (non-hydrogen) atoms. The number of hydrogen-bond donors (Lipinski definition) is 1. The second kappa shape index (κ2) is 4.18. The van der Waals surface area contributed by atoms with Crippen molar-refractivity contribution in [1.82, 2.24) is 0 Å². The first kappa shape index (κ1) is 10.4. The van der Waals surface area contributed by atoms with Gasteiger partial charge in [0, 0.05) is 4.47 Å². The smallest absolute Gasteiger partial charge is 0.185 e. The molecule has 0 saturated heterocycles. The number of hydrogen-bond acceptors (Lipinski definition) is 3. The number of rotatable bonds is 0. The quantitative estimate of drug-likeness (QED) is 0.797. The van der Waals surface area contributed by atoms with Gasteiger partial charge in [-0.2, -0.15) is 0 Å². The van der Waals surface area contributed by atoms with Crippen molar-refractivity contribution in [3.05, 3.63) is 26.6 Å². The zero-order valence-corrected chi connectivity index (χ0v) is 10.3. The SMILES string of the molecule is OC1OCCOc2c(Br)cc(Br)cc21. The monoisotopic (exact) mass is 322 g/mol. The number of aliphatic hydroxyl groups is 1. The highest BCUT2D eigenvalue weighted by Gasteiger charge is 2.20. The van der Waals surface area contributed by atoms with Crippen molar-refractivity contribution >= 4 is 31.9 Å². The first-order valence-electron chi connectivity index (χ1n) is 4.10. The molecule has 1 aromatic rings. The highest BCUT2D eigenvalue weighted by Crippen LogP contribution is 2.37. The van der Waals surface area contributed by atoms with Gasteiger partial charge in [0.05, 0.1) is 16.6 Å². The third-order valence-corrected chi connectivity index (χ3v) is 2.96. The zero-order valence-electron chi connectivity index (χ0n) is 7.17. The second-order valence-electron chi connectivity index (χ2n) is 2.88. The predicted octanol–water partition coefficient (Wildman–Crippen LogP) is 2.61. The summed E-state index contributed by atoms with van der Waals surface area (Å²) in [5, 5.41) is 9.65. The molecule has 1 unspecified atom stereocenters. The summed E-state index contributed by atoms with van der Waals surface area (Å²) in [6.07, 6.45) is -0.915. The Balaban J connectivity index is 2.53. The molecule has 76 valence electrons. The molecular weight excluding hydrogens is 316 g/mol. The largest absolute Gasteiger partial charge is 0.490 e. The van der Waals surface area contributed by atoms with Crippen molar-refractivity contribution in [1.29, 1.82) is 0 Å². The lowest BCUT2D eigenvalue weighted by Gasteiger charge is -2.12. The number of ether oxygens (including phenoxy) is 2. The fourth-order valence-electron chi connectivity index (χ4n) is 1.31. The van der Waals surface area contributed by atoms with Crippen molar-refractivity contribution in [2.45, 2.75) is 6.29 Å². The summed E-state index contributed by atoms with van der Waals surface area (Å²) in [7, 11) is 0. The Morgan fingerprint density at radius 2 is 2.07 bits per heavy atom. The van der Waals surface area contributed by atoms with Crippen LogP contribution >= 0.6 is 31.9 Å². The van der Waals surface area contributed by atoms with Gasteiger partial charge >= 0.3 is 0 Å². The van der Waals surface area contributed by atoms with Crippen LogP contribution in [0, 0.1) is 0 Å². The minimum absolute atomic E-state index is 0.389. The predicted molar refractivity (Wildman–Crippen MR) is 58.2 cm³/mol. The molecule has 1 aromatic carbocycles. The number of halogens is 2. The van der Waals surface area contributed by atoms with Gasteiger partial charge in [0.25, 0.3) is 0 Å². The summed E-state index contributed by atoms with van der Waals surface area (Å²) in [5.74, 6) is 0.651. The minimum atomic E-state index is -0.915. The molecule has 0 aliphatic carbocycles. The maximum Gasteiger partial charge on any atom is 0.185 e. The third-order valence-electron chi connectivity index (χ3n) is 1.91. The lowest BCUT2D eigenvalue weighted by atomic mass is 10.2. The maximum atomic E-state index is 9.65. The van der Waals surface area contributed by atoms with Crippen LogP contribution in [0.3, 0.4) is 0 Å². The highest BCUT2D eigenvalue weighted by molar-refractivity contribution is 9.11. The Morgan fingerprint density at radius 3 is 2.86 bits per heavy atom. The van der Waals surface area contributed by atoms with Gasteiger partial charge in [0.15, 0.2) is 6.29 Å². The Hall–Kier alpha value is -0.100. The summed E-state index contributed by atoms with van der Waals surface area (Å²) in [5.41, 5.74) is 0.642. The van der Waals surface area contributed by atoms with E-state index < -0.39 is 6.29 Å². The van der Waals surface area contributed by atoms with Crippen LogP contribution in [-0.4, -0.2) is 18.3 Å². The van der Waals surface area contributed by atoms with Gasteiger partial charge in [-0.05, 0) is 28.1 Å². The molecule has 2 rings (SSSR count). The van der Waals surface area contributed by atoms with E-state index in [-0.39, 0.29) is 0 Å². The fourth-order valence-corrected chi connectivity index (χ4v) is 2.68. The van der Waals surface area contributed by atoms with Gasteiger partial charge in [-0.25, -0.2) is 0 Å². The summed E-state index contributed by atoms with van der Waals surface area (Å²) in [6.45, 7) is 0.837. The molecule has 1 heterocycles. The normalized spacial score (nSPS) is 20.9. The summed E-state index contributed by atoms with van der Waals surface area (Å²) >= 11 is 6.72. The van der Waals surface area contributed by atoms with Crippen LogP contribution in [0.25, 0.3) is 0 Å². The van der Waals surface area contributed by atoms with E-state index in [1.54, 1.807) is 6.07 Å². The molecule has 0 bridgehead atoms. The molecule has 1 aliphatic rings. The molecule has 3 nitrogen and oxygen atoms in total. The Morgan fingerprint density at radius 1 is 1.29 bits per heavy atom. The number of fused-ring (bicyclic) bond motifs is 1. The Kier molecular flexibility index (Phi) is 3.11. The maximum absolute atomic E-state index is 9.65. The Bertz CT molecular complexity index is 354. The van der Waals surface area contributed by atoms with Crippen molar-refractivity contribution in [3.8, 4) is 5.75 Å². The third kappa shape index (κ3) is 1.95. The van der Waals surface area contributed by atoms with E-state index in [0.29, 0.717) is 24.5 Å². The zero-order chi connectivity index (χ0) is 10.1. The van der Waals surface area contributed by atoms with Gasteiger partial charge < -0.3 is 14.6 Å². The topological polar surface area (TPSA) is 38.7 Å². The molecule has 1 N–H and O–H groups in total. The Labute approximate surface area is 98.3 Å². The summed E-state index contributed by atoms with van der Waals surface area (Å²) < 4.78 is 12.3. The van der Waals surface area contributed by atoms with E-state index in [9.17, 15) is 5.11 Å². The van der Waals surface area contributed by atoms with Crippen LogP contribution in [0.15, 0.2) is 21.1 Å². The molecule has 1 atom stereocenters. The van der Waals surface area contributed by atoms with Gasteiger partial charge in [-0.1, -0.05) is 15.9 Å². The highest BCUT2D eigenvalue weighted by atomic mass is 79.9. The molecule has 5 heteroatoms. The van der Waals surface area contributed by atoms with E-state index in [4.69, 9.17) is 9.47 Å². The summed E-state index contributed by atoms with van der Waals surface area (Å²) in [4.78, 5) is 0.